The number of anilines is 1. The lowest BCUT2D eigenvalue weighted by Crippen LogP contribution is -2.30. The molecule has 1 aromatic carbocycles. The van der Waals surface area contributed by atoms with Crippen LogP contribution in [-0.2, 0) is 0 Å². The summed E-state index contributed by atoms with van der Waals surface area (Å²) in [6.07, 6.45) is 4.07. The second kappa shape index (κ2) is 5.36. The zero-order valence-electron chi connectivity index (χ0n) is 9.87. The first-order chi connectivity index (χ1) is 8.08. The van der Waals surface area contributed by atoms with Gasteiger partial charge in [-0.25, -0.2) is 0 Å². The summed E-state index contributed by atoms with van der Waals surface area (Å²) in [5.41, 5.74) is 7.64. The second-order valence-corrected chi connectivity index (χ2v) is 5.98. The van der Waals surface area contributed by atoms with E-state index in [0.717, 1.165) is 21.6 Å². The molecule has 1 aromatic rings. The van der Waals surface area contributed by atoms with Crippen molar-refractivity contribution in [2.75, 3.05) is 5.32 Å². The summed E-state index contributed by atoms with van der Waals surface area (Å²) in [5, 5.41) is 3.54. The molecule has 1 aliphatic rings. The minimum atomic E-state index is 0.426. The zero-order chi connectivity index (χ0) is 12.4. The van der Waals surface area contributed by atoms with Gasteiger partial charge in [0.25, 0.3) is 0 Å². The average molecular weight is 313 g/mol. The maximum Gasteiger partial charge on any atom is 0.105 e. The molecule has 3 N–H and O–H groups in total. The molecule has 0 spiro atoms. The van der Waals surface area contributed by atoms with Gasteiger partial charge < -0.3 is 11.1 Å². The normalized spacial score (nSPS) is 17.3. The van der Waals surface area contributed by atoms with Crippen LogP contribution in [0.25, 0.3) is 0 Å². The number of rotatable bonds is 4. The number of benzene rings is 1. The van der Waals surface area contributed by atoms with Gasteiger partial charge in [-0.05, 0) is 59.8 Å². The summed E-state index contributed by atoms with van der Waals surface area (Å²) in [6.45, 7) is 2.25. The van der Waals surface area contributed by atoms with Crippen molar-refractivity contribution in [3.63, 3.8) is 0 Å². The molecule has 0 radical (unpaired) electrons. The Kier molecular flexibility index (Phi) is 4.05. The Morgan fingerprint density at radius 2 is 2.24 bits per heavy atom. The number of halogens is 1. The molecule has 17 heavy (non-hydrogen) atoms. The second-order valence-electron chi connectivity index (χ2n) is 4.68. The summed E-state index contributed by atoms with van der Waals surface area (Å²) < 4.78 is 0.954. The van der Waals surface area contributed by atoms with Crippen LogP contribution in [0.3, 0.4) is 0 Å². The largest absolute Gasteiger partial charge is 0.389 e. The molecule has 4 heteroatoms. The molecule has 1 atom stereocenters. The van der Waals surface area contributed by atoms with Crippen molar-refractivity contribution in [1.82, 2.24) is 0 Å². The van der Waals surface area contributed by atoms with Crippen LogP contribution >= 0.6 is 28.1 Å². The molecule has 2 rings (SSSR count). The van der Waals surface area contributed by atoms with Crippen molar-refractivity contribution >= 4 is 38.8 Å². The average Bonchev–Trinajstić information content (AvgIpc) is 2.13. The van der Waals surface area contributed by atoms with Crippen LogP contribution in [0.4, 0.5) is 5.69 Å². The van der Waals surface area contributed by atoms with E-state index in [1.165, 1.54) is 19.3 Å². The van der Waals surface area contributed by atoms with E-state index < -0.39 is 0 Å². The van der Waals surface area contributed by atoms with Crippen LogP contribution in [0, 0.1) is 5.92 Å². The summed E-state index contributed by atoms with van der Waals surface area (Å²) in [5.74, 6) is 0.823. The van der Waals surface area contributed by atoms with Gasteiger partial charge in [0.2, 0.25) is 0 Å². The Balaban J connectivity index is 2.06. The van der Waals surface area contributed by atoms with Gasteiger partial charge in [0.1, 0.15) is 4.99 Å². The first-order valence-electron chi connectivity index (χ1n) is 5.94. The number of hydrogen-bond acceptors (Lipinski definition) is 2. The first kappa shape index (κ1) is 12.8. The van der Waals surface area contributed by atoms with E-state index in [9.17, 15) is 0 Å². The fraction of sp³-hybridized carbons (Fsp3) is 0.462. The predicted octanol–water partition coefficient (Wildman–Crippen LogP) is 3.68. The highest BCUT2D eigenvalue weighted by molar-refractivity contribution is 9.10. The number of nitrogens with two attached hydrogens (primary N) is 1. The van der Waals surface area contributed by atoms with E-state index in [2.05, 4.69) is 28.2 Å². The van der Waals surface area contributed by atoms with Gasteiger partial charge in [-0.15, -0.1) is 0 Å². The Morgan fingerprint density at radius 3 is 2.71 bits per heavy atom. The lowest BCUT2D eigenvalue weighted by atomic mass is 9.80. The highest BCUT2D eigenvalue weighted by Crippen LogP contribution is 2.31. The van der Waals surface area contributed by atoms with Crippen molar-refractivity contribution < 1.29 is 0 Å². The monoisotopic (exact) mass is 312 g/mol. The third-order valence-electron chi connectivity index (χ3n) is 3.49. The summed E-state index contributed by atoms with van der Waals surface area (Å²) in [6, 6.07) is 6.58. The molecule has 1 saturated carbocycles. The van der Waals surface area contributed by atoms with Crippen LogP contribution in [0.15, 0.2) is 22.7 Å². The Labute approximate surface area is 116 Å². The zero-order valence-corrected chi connectivity index (χ0v) is 12.3. The molecule has 2 nitrogen and oxygen atoms in total. The van der Waals surface area contributed by atoms with Gasteiger partial charge in [-0.2, -0.15) is 0 Å². The Bertz CT molecular complexity index is 429. The molecule has 0 saturated heterocycles. The van der Waals surface area contributed by atoms with Crippen LogP contribution in [0.2, 0.25) is 0 Å². The highest BCUT2D eigenvalue weighted by atomic mass is 79.9. The van der Waals surface area contributed by atoms with Crippen molar-refractivity contribution in [3.05, 3.63) is 28.2 Å². The van der Waals surface area contributed by atoms with Gasteiger partial charge in [0, 0.05) is 21.8 Å². The molecule has 1 aliphatic carbocycles. The molecule has 1 unspecified atom stereocenters. The smallest absolute Gasteiger partial charge is 0.105 e. The third-order valence-corrected chi connectivity index (χ3v) is 4.36. The lowest BCUT2D eigenvalue weighted by Gasteiger charge is -2.32. The Morgan fingerprint density at radius 1 is 1.53 bits per heavy atom. The van der Waals surface area contributed by atoms with Gasteiger partial charge >= 0.3 is 0 Å². The highest BCUT2D eigenvalue weighted by Gasteiger charge is 2.23. The number of nitrogens with one attached hydrogen (secondary N) is 1. The number of hydrogen-bond donors (Lipinski definition) is 2. The molecule has 1 fully saturated rings. The van der Waals surface area contributed by atoms with Crippen molar-refractivity contribution in [1.29, 1.82) is 0 Å². The molecule has 0 heterocycles. The van der Waals surface area contributed by atoms with Crippen LogP contribution in [0.5, 0.6) is 0 Å². The van der Waals surface area contributed by atoms with Gasteiger partial charge in [-0.3, -0.25) is 0 Å². The molecule has 92 valence electrons. The quantitative estimate of drug-likeness (QED) is 0.833. The van der Waals surface area contributed by atoms with Gasteiger partial charge in [0.15, 0.2) is 0 Å². The SMILES string of the molecule is CC(Nc1ccc(C(N)=S)c(Br)c1)C1CCC1. The fourth-order valence-corrected chi connectivity index (χ4v) is 3.03. The van der Waals surface area contributed by atoms with Gasteiger partial charge in [0.05, 0.1) is 0 Å². The predicted molar refractivity (Wildman–Crippen MR) is 80.5 cm³/mol. The molecule has 0 aliphatic heterocycles. The topological polar surface area (TPSA) is 38.0 Å². The van der Waals surface area contributed by atoms with Gasteiger partial charge in [-0.1, -0.05) is 18.6 Å². The Hall–Kier alpha value is -0.610. The molecule has 0 bridgehead atoms. The van der Waals surface area contributed by atoms with E-state index in [4.69, 9.17) is 18.0 Å². The minimum Gasteiger partial charge on any atom is -0.389 e. The van der Waals surface area contributed by atoms with Crippen LogP contribution in [0.1, 0.15) is 31.7 Å². The fourth-order valence-electron chi connectivity index (χ4n) is 2.13. The standard InChI is InChI=1S/C13H17BrN2S/c1-8(9-3-2-4-9)16-10-5-6-11(13(15)17)12(14)7-10/h5-9,16H,2-4H2,1H3,(H2,15,17). The van der Waals surface area contributed by atoms with E-state index in [1.54, 1.807) is 0 Å². The van der Waals surface area contributed by atoms with E-state index >= 15 is 0 Å². The van der Waals surface area contributed by atoms with Crippen LogP contribution in [-0.4, -0.2) is 11.0 Å². The maximum absolute atomic E-state index is 5.63. The minimum absolute atomic E-state index is 0.426. The molecular formula is C13H17BrN2S. The van der Waals surface area contributed by atoms with E-state index in [1.807, 2.05) is 18.2 Å². The lowest BCUT2D eigenvalue weighted by molar-refractivity contribution is 0.285. The molecular weight excluding hydrogens is 296 g/mol. The summed E-state index contributed by atoms with van der Waals surface area (Å²) in [7, 11) is 0. The summed E-state index contributed by atoms with van der Waals surface area (Å²) >= 11 is 8.48. The van der Waals surface area contributed by atoms with Crippen molar-refractivity contribution in [3.8, 4) is 0 Å². The number of thiocarbonyl (C=S) groups is 1. The third kappa shape index (κ3) is 2.99. The van der Waals surface area contributed by atoms with E-state index in [-0.39, 0.29) is 0 Å². The first-order valence-corrected chi connectivity index (χ1v) is 7.14. The van der Waals surface area contributed by atoms with Crippen LogP contribution < -0.4 is 11.1 Å². The molecule has 0 amide bonds. The maximum atomic E-state index is 5.63. The summed E-state index contributed by atoms with van der Waals surface area (Å²) in [4.78, 5) is 0.426. The van der Waals surface area contributed by atoms with Crippen molar-refractivity contribution in [2.24, 2.45) is 11.7 Å². The molecule has 0 aromatic heterocycles. The van der Waals surface area contributed by atoms with E-state index in [0.29, 0.717) is 11.0 Å². The van der Waals surface area contributed by atoms with Crippen molar-refractivity contribution in [2.45, 2.75) is 32.2 Å².